The number of anilines is 1. The first-order chi connectivity index (χ1) is 18.5. The first kappa shape index (κ1) is 27.1. The van der Waals surface area contributed by atoms with Gasteiger partial charge in [0, 0.05) is 55.2 Å². The molecule has 1 N–H and O–H groups in total. The highest BCUT2D eigenvalue weighted by atomic mass is 35.5. The fourth-order valence-electron chi connectivity index (χ4n) is 5.06. The van der Waals surface area contributed by atoms with Crippen LogP contribution in [0.5, 0.6) is 0 Å². The fraction of sp³-hybridized carbons (Fsp3) is 0.385. The van der Waals surface area contributed by atoms with Gasteiger partial charge in [0.2, 0.25) is 5.82 Å². The molecule has 1 aromatic heterocycles. The summed E-state index contributed by atoms with van der Waals surface area (Å²) < 4.78 is 45.6. The smallest absolute Gasteiger partial charge is 0.451 e. The number of carbonyl (C=O) groups is 2. The van der Waals surface area contributed by atoms with Crippen LogP contribution in [-0.4, -0.2) is 95.3 Å². The molecule has 39 heavy (non-hydrogen) atoms. The van der Waals surface area contributed by atoms with Crippen LogP contribution in [0.15, 0.2) is 42.5 Å². The van der Waals surface area contributed by atoms with Gasteiger partial charge in [-0.15, -0.1) is 0 Å². The summed E-state index contributed by atoms with van der Waals surface area (Å²) in [5.74, 6) is -2.08. The number of fused-ring (bicyclic) bond motifs is 1. The largest absolute Gasteiger partial charge is 0.465 e. The van der Waals surface area contributed by atoms with Crippen molar-refractivity contribution < 1.29 is 32.6 Å². The molecule has 2 aliphatic heterocycles. The van der Waals surface area contributed by atoms with Gasteiger partial charge in [0.1, 0.15) is 5.82 Å². The highest BCUT2D eigenvalue weighted by molar-refractivity contribution is 6.30. The lowest BCUT2D eigenvalue weighted by atomic mass is 10.1. The van der Waals surface area contributed by atoms with Crippen LogP contribution in [0.4, 0.5) is 19.0 Å². The lowest BCUT2D eigenvalue weighted by Gasteiger charge is -2.38. The molecule has 9 nitrogen and oxygen atoms in total. The number of hydrogen-bond donors (Lipinski definition) is 1. The molecule has 2 saturated heterocycles. The van der Waals surface area contributed by atoms with Crippen molar-refractivity contribution in [2.45, 2.75) is 18.3 Å². The van der Waals surface area contributed by atoms with Gasteiger partial charge in [0.05, 0.1) is 30.3 Å². The van der Waals surface area contributed by atoms with E-state index in [0.717, 1.165) is 0 Å². The van der Waals surface area contributed by atoms with Crippen molar-refractivity contribution >= 4 is 40.2 Å². The second-order valence-corrected chi connectivity index (χ2v) is 9.90. The van der Waals surface area contributed by atoms with E-state index >= 15 is 0 Å². The number of esters is 1. The van der Waals surface area contributed by atoms with Crippen molar-refractivity contribution in [3.05, 3.63) is 64.4 Å². The number of amides is 1. The predicted octanol–water partition coefficient (Wildman–Crippen LogP) is 3.10. The van der Waals surface area contributed by atoms with E-state index in [1.807, 2.05) is 4.90 Å². The zero-order valence-corrected chi connectivity index (χ0v) is 21.6. The van der Waals surface area contributed by atoms with Gasteiger partial charge in [-0.05, 0) is 42.5 Å². The number of methoxy groups -OCH3 is 1. The minimum atomic E-state index is -4.78. The Labute approximate surface area is 226 Å². The molecular formula is C26H25ClF3N5O4. The lowest BCUT2D eigenvalue weighted by Crippen LogP contribution is -2.54. The Morgan fingerprint density at radius 3 is 2.31 bits per heavy atom. The zero-order valence-electron chi connectivity index (χ0n) is 20.9. The third-order valence-corrected chi connectivity index (χ3v) is 7.32. The maximum atomic E-state index is 13.6. The number of nitrogens with zero attached hydrogens (tertiary/aromatic N) is 5. The number of halogens is 4. The molecular weight excluding hydrogens is 539 g/mol. The highest BCUT2D eigenvalue weighted by Gasteiger charge is 2.41. The number of aromatic nitrogens is 2. The van der Waals surface area contributed by atoms with Gasteiger partial charge in [-0.25, -0.2) is 14.8 Å². The molecule has 2 atom stereocenters. The van der Waals surface area contributed by atoms with Crippen LogP contribution >= 0.6 is 11.6 Å². The zero-order chi connectivity index (χ0) is 27.9. The fourth-order valence-corrected chi connectivity index (χ4v) is 5.18. The number of β-amino-alcohol motifs (C(OH)–C–C–N with tert-alkyl or cyclic N) is 1. The number of hydrogen-bond acceptors (Lipinski definition) is 8. The molecule has 3 aromatic rings. The van der Waals surface area contributed by atoms with Gasteiger partial charge in [-0.1, -0.05) is 11.6 Å². The molecule has 2 unspecified atom stereocenters. The predicted molar refractivity (Wildman–Crippen MR) is 137 cm³/mol. The van der Waals surface area contributed by atoms with E-state index in [0.29, 0.717) is 36.8 Å². The number of benzene rings is 2. The van der Waals surface area contributed by atoms with Crippen LogP contribution in [0.25, 0.3) is 10.9 Å². The Kier molecular flexibility index (Phi) is 7.36. The Hall–Kier alpha value is -3.48. The minimum absolute atomic E-state index is 0.0174. The van der Waals surface area contributed by atoms with Crippen LogP contribution in [0.3, 0.4) is 0 Å². The number of carbonyl (C=O) groups excluding carboxylic acids is 2. The number of aliphatic hydroxyl groups excluding tert-OH is 1. The molecule has 5 rings (SSSR count). The maximum Gasteiger partial charge on any atom is 0.451 e. The van der Waals surface area contributed by atoms with E-state index in [-0.39, 0.29) is 47.3 Å². The normalized spacial score (nSPS) is 20.5. The molecule has 2 aromatic carbocycles. The van der Waals surface area contributed by atoms with Crippen molar-refractivity contribution in [3.8, 4) is 0 Å². The topological polar surface area (TPSA) is 99.1 Å². The van der Waals surface area contributed by atoms with Crippen molar-refractivity contribution in [1.82, 2.24) is 19.8 Å². The molecule has 2 fully saturated rings. The van der Waals surface area contributed by atoms with Crippen LogP contribution in [-0.2, 0) is 10.9 Å². The lowest BCUT2D eigenvalue weighted by molar-refractivity contribution is -0.144. The van der Waals surface area contributed by atoms with Crippen LogP contribution in [0.2, 0.25) is 5.02 Å². The van der Waals surface area contributed by atoms with Gasteiger partial charge in [-0.2, -0.15) is 13.2 Å². The van der Waals surface area contributed by atoms with Crippen molar-refractivity contribution in [2.24, 2.45) is 0 Å². The molecule has 3 heterocycles. The van der Waals surface area contributed by atoms with E-state index in [2.05, 4.69) is 9.97 Å². The number of rotatable bonds is 4. The van der Waals surface area contributed by atoms with Crippen LogP contribution in [0.1, 0.15) is 26.5 Å². The third-order valence-electron chi connectivity index (χ3n) is 7.07. The summed E-state index contributed by atoms with van der Waals surface area (Å²) in [4.78, 5) is 37.7. The van der Waals surface area contributed by atoms with Gasteiger partial charge >= 0.3 is 12.1 Å². The summed E-state index contributed by atoms with van der Waals surface area (Å²) in [6.07, 6.45) is -5.65. The molecule has 0 bridgehead atoms. The van der Waals surface area contributed by atoms with Crippen molar-refractivity contribution in [3.63, 3.8) is 0 Å². The Morgan fingerprint density at radius 2 is 1.67 bits per heavy atom. The van der Waals surface area contributed by atoms with E-state index in [9.17, 15) is 27.9 Å². The van der Waals surface area contributed by atoms with Crippen LogP contribution in [0, 0.1) is 0 Å². The second-order valence-electron chi connectivity index (χ2n) is 9.47. The number of aliphatic hydroxyl groups is 1. The standard InChI is InChI=1S/C26H25ClF3N5O4/c1-39-24(38)16-4-7-19-18(12-16)22(32-25(31-19)26(28,29)30)35-13-20(21(36)14-35)33-8-10-34(11-9-33)23(37)15-2-5-17(27)6-3-15/h2-7,12,20-21,36H,8-11,13-14H2,1H3. The highest BCUT2D eigenvalue weighted by Crippen LogP contribution is 2.34. The monoisotopic (exact) mass is 563 g/mol. The molecule has 0 aliphatic carbocycles. The van der Waals surface area contributed by atoms with Gasteiger partial charge in [0.25, 0.3) is 5.91 Å². The quantitative estimate of drug-likeness (QED) is 0.484. The minimum Gasteiger partial charge on any atom is -0.465 e. The molecule has 2 aliphatic rings. The molecule has 13 heteroatoms. The second kappa shape index (κ2) is 10.6. The Bertz CT molecular complexity index is 1400. The van der Waals surface area contributed by atoms with Crippen molar-refractivity contribution in [2.75, 3.05) is 51.3 Å². The molecule has 0 spiro atoms. The summed E-state index contributed by atoms with van der Waals surface area (Å²) in [5, 5.41) is 11.7. The summed E-state index contributed by atoms with van der Waals surface area (Å²) >= 11 is 5.91. The number of alkyl halides is 3. The Balaban J connectivity index is 1.36. The van der Waals surface area contributed by atoms with Crippen molar-refractivity contribution in [1.29, 1.82) is 0 Å². The summed E-state index contributed by atoms with van der Waals surface area (Å²) in [6, 6.07) is 10.3. The van der Waals surface area contributed by atoms with Crippen LogP contribution < -0.4 is 4.90 Å². The summed E-state index contributed by atoms with van der Waals surface area (Å²) in [5.41, 5.74) is 0.696. The first-order valence-electron chi connectivity index (χ1n) is 12.2. The van der Waals surface area contributed by atoms with E-state index in [1.54, 1.807) is 34.1 Å². The molecule has 0 radical (unpaired) electrons. The maximum absolute atomic E-state index is 13.6. The average molecular weight is 564 g/mol. The van der Waals surface area contributed by atoms with E-state index < -0.39 is 24.1 Å². The van der Waals surface area contributed by atoms with E-state index in [1.165, 1.54) is 25.3 Å². The van der Waals surface area contributed by atoms with E-state index in [4.69, 9.17) is 16.3 Å². The van der Waals surface area contributed by atoms with Gasteiger partial charge < -0.3 is 19.6 Å². The molecule has 0 saturated carbocycles. The number of ether oxygens (including phenoxy) is 1. The summed E-state index contributed by atoms with van der Waals surface area (Å²) in [7, 11) is 1.21. The molecule has 1 amide bonds. The summed E-state index contributed by atoms with van der Waals surface area (Å²) in [6.45, 7) is 2.09. The van der Waals surface area contributed by atoms with Gasteiger partial charge in [-0.3, -0.25) is 9.69 Å². The average Bonchev–Trinajstić information content (AvgIpc) is 3.32. The first-order valence-corrected chi connectivity index (χ1v) is 12.6. The van der Waals surface area contributed by atoms with Gasteiger partial charge in [0.15, 0.2) is 0 Å². The number of piperazine rings is 1. The third kappa shape index (κ3) is 5.49. The SMILES string of the molecule is COC(=O)c1ccc2nc(C(F)(F)F)nc(N3CC(O)C(N4CCN(C(=O)c5ccc(Cl)cc5)CC4)C3)c2c1. The molecule has 206 valence electrons. The Morgan fingerprint density at radius 1 is 1.00 bits per heavy atom.